The molecule has 0 spiro atoms. The van der Waals surface area contributed by atoms with Crippen LogP contribution in [0, 0.1) is 16.0 Å². The molecule has 1 fully saturated rings. The van der Waals surface area contributed by atoms with Gasteiger partial charge < -0.3 is 20.0 Å². The van der Waals surface area contributed by atoms with Crippen molar-refractivity contribution >= 4 is 34.0 Å². The van der Waals surface area contributed by atoms with Crippen molar-refractivity contribution < 1.29 is 24.7 Å². The summed E-state index contributed by atoms with van der Waals surface area (Å²) < 4.78 is 1.28. The molecule has 46 heavy (non-hydrogen) atoms. The van der Waals surface area contributed by atoms with Crippen LogP contribution >= 0.6 is 0 Å². The minimum atomic E-state index is -2.14. The molecule has 0 saturated carbocycles. The highest BCUT2D eigenvalue weighted by Crippen LogP contribution is 2.47. The fourth-order valence-corrected chi connectivity index (χ4v) is 6.43. The molecule has 2 amide bonds. The zero-order valence-corrected chi connectivity index (χ0v) is 25.2. The highest BCUT2D eigenvalue weighted by Gasteiger charge is 2.53. The van der Waals surface area contributed by atoms with E-state index in [1.54, 1.807) is 72.6 Å². The molecule has 12 nitrogen and oxygen atoms in total. The number of benzene rings is 3. The number of nitro groups is 1. The second-order valence-corrected chi connectivity index (χ2v) is 11.7. The smallest absolute Gasteiger partial charge is 0.279 e. The number of hydrogen-bond acceptors (Lipinski definition) is 8. The number of non-ortho nitro benzene ring substituents is 1. The number of nitrogens with zero attached hydrogens (tertiary/aromatic N) is 5. The Morgan fingerprint density at radius 2 is 1.96 bits per heavy atom. The highest BCUT2D eigenvalue weighted by molar-refractivity contribution is 6.07. The minimum Gasteiger partial charge on any atom is -0.394 e. The van der Waals surface area contributed by atoms with Crippen LogP contribution in [0.3, 0.4) is 0 Å². The van der Waals surface area contributed by atoms with Gasteiger partial charge in [-0.3, -0.25) is 24.5 Å². The first-order valence-corrected chi connectivity index (χ1v) is 15.1. The van der Waals surface area contributed by atoms with Gasteiger partial charge in [-0.25, -0.2) is 0 Å². The van der Waals surface area contributed by atoms with Gasteiger partial charge in [0, 0.05) is 42.0 Å². The third kappa shape index (κ3) is 5.35. The summed E-state index contributed by atoms with van der Waals surface area (Å²) in [5.74, 6) is -1.68. The van der Waals surface area contributed by atoms with Gasteiger partial charge in [-0.05, 0) is 42.7 Å². The number of nitro benzene ring substituents is 1. The summed E-state index contributed by atoms with van der Waals surface area (Å²) in [4.78, 5) is 54.1. The lowest BCUT2D eigenvalue weighted by atomic mass is 9.82. The summed E-state index contributed by atoms with van der Waals surface area (Å²) in [7, 11) is 0. The molecule has 12 heteroatoms. The maximum atomic E-state index is 14.1. The van der Waals surface area contributed by atoms with Crippen molar-refractivity contribution in [2.75, 3.05) is 18.1 Å². The minimum absolute atomic E-state index is 0.00849. The van der Waals surface area contributed by atoms with Crippen LogP contribution in [0.25, 0.3) is 16.5 Å². The molecular formula is C34H33N5O7. The topological polar surface area (TPSA) is 159 Å². The largest absolute Gasteiger partial charge is 0.394 e. The van der Waals surface area contributed by atoms with Gasteiger partial charge in [0.2, 0.25) is 5.91 Å². The lowest BCUT2D eigenvalue weighted by molar-refractivity contribution is -0.385. The first-order valence-electron chi connectivity index (χ1n) is 15.1. The van der Waals surface area contributed by atoms with Gasteiger partial charge in [-0.15, -0.1) is 0 Å². The molecule has 1 saturated heterocycles. The summed E-state index contributed by atoms with van der Waals surface area (Å²) in [6.45, 7) is 2.09. The van der Waals surface area contributed by atoms with Gasteiger partial charge in [0.25, 0.3) is 17.2 Å². The summed E-state index contributed by atoms with van der Waals surface area (Å²) in [5, 5.41) is 38.8. The van der Waals surface area contributed by atoms with E-state index < -0.39 is 22.3 Å². The maximum absolute atomic E-state index is 14.1. The third-order valence-corrected chi connectivity index (χ3v) is 8.94. The van der Waals surface area contributed by atoms with Crippen molar-refractivity contribution in [1.82, 2.24) is 14.7 Å². The first kappa shape index (κ1) is 30.8. The molecule has 0 unspecified atom stereocenters. The van der Waals surface area contributed by atoms with Crippen molar-refractivity contribution in [2.45, 2.75) is 44.4 Å². The molecule has 4 aromatic rings. The van der Waals surface area contributed by atoms with Crippen molar-refractivity contribution in [3.05, 3.63) is 117 Å². The number of anilines is 1. The number of aromatic nitrogens is 2. The predicted molar refractivity (Wildman–Crippen MR) is 170 cm³/mol. The lowest BCUT2D eigenvalue weighted by Crippen LogP contribution is -2.44. The van der Waals surface area contributed by atoms with Crippen LogP contribution in [0.2, 0.25) is 0 Å². The van der Waals surface area contributed by atoms with E-state index in [1.807, 2.05) is 6.07 Å². The Labute approximate surface area is 263 Å². The zero-order valence-electron chi connectivity index (χ0n) is 25.2. The maximum Gasteiger partial charge on any atom is 0.279 e. The molecule has 3 atom stereocenters. The monoisotopic (exact) mass is 623 g/mol. The SMILES string of the molecule is C[C@@H](/C=C/CC(=O)N1CCC[C@H]1CO)[C@]1(O)C(=O)N(Cc2cccc(-n3ncc4ccccc4c3=O)c2)c2ccc([N+](=O)[O-])cc21. The number of aliphatic hydroxyl groups is 2. The number of fused-ring (bicyclic) bond motifs is 2. The summed E-state index contributed by atoms with van der Waals surface area (Å²) in [5.41, 5.74) is -1.17. The van der Waals surface area contributed by atoms with Gasteiger partial charge in [-0.2, -0.15) is 9.78 Å². The van der Waals surface area contributed by atoms with Gasteiger partial charge in [-0.1, -0.05) is 49.4 Å². The Kier molecular flexibility index (Phi) is 8.24. The van der Waals surface area contributed by atoms with E-state index in [0.29, 0.717) is 34.3 Å². The van der Waals surface area contributed by atoms with E-state index in [0.717, 1.165) is 12.8 Å². The molecule has 0 aliphatic carbocycles. The number of likely N-dealkylation sites (tertiary alicyclic amines) is 1. The van der Waals surface area contributed by atoms with Crippen LogP contribution in [0.1, 0.15) is 37.3 Å². The average Bonchev–Trinajstić information content (AvgIpc) is 3.63. The van der Waals surface area contributed by atoms with Gasteiger partial charge >= 0.3 is 0 Å². The normalized spacial score (nSPS) is 20.1. The van der Waals surface area contributed by atoms with Gasteiger partial charge in [0.05, 0.1) is 47.1 Å². The van der Waals surface area contributed by atoms with Crippen LogP contribution in [0.15, 0.2) is 89.9 Å². The average molecular weight is 624 g/mol. The lowest BCUT2D eigenvalue weighted by Gasteiger charge is -2.28. The molecule has 3 aromatic carbocycles. The summed E-state index contributed by atoms with van der Waals surface area (Å²) in [6.07, 6.45) is 6.34. The Balaban J connectivity index is 1.29. The molecule has 2 aliphatic rings. The molecule has 1 aromatic heterocycles. The molecule has 0 radical (unpaired) electrons. The predicted octanol–water partition coefficient (Wildman–Crippen LogP) is 3.59. The van der Waals surface area contributed by atoms with Crippen LogP contribution in [0.4, 0.5) is 11.4 Å². The van der Waals surface area contributed by atoms with Crippen molar-refractivity contribution in [1.29, 1.82) is 0 Å². The van der Waals surface area contributed by atoms with Gasteiger partial charge in [0.1, 0.15) is 0 Å². The Morgan fingerprint density at radius 3 is 2.74 bits per heavy atom. The second kappa shape index (κ2) is 12.3. The molecular weight excluding hydrogens is 590 g/mol. The van der Waals surface area contributed by atoms with Crippen molar-refractivity contribution in [2.24, 2.45) is 5.92 Å². The fraction of sp³-hybridized carbons (Fsp3) is 0.294. The van der Waals surface area contributed by atoms with E-state index in [1.165, 1.54) is 27.8 Å². The fourth-order valence-electron chi connectivity index (χ4n) is 6.43. The number of carbonyl (C=O) groups excluding carboxylic acids is 2. The second-order valence-electron chi connectivity index (χ2n) is 11.7. The summed E-state index contributed by atoms with van der Waals surface area (Å²) in [6, 6.07) is 17.8. The first-order chi connectivity index (χ1) is 22.1. The number of amides is 2. The van der Waals surface area contributed by atoms with E-state index in [9.17, 15) is 34.7 Å². The molecule has 2 N–H and O–H groups in total. The molecule has 0 bridgehead atoms. The van der Waals surface area contributed by atoms with E-state index >= 15 is 0 Å². The van der Waals surface area contributed by atoms with Crippen LogP contribution in [-0.2, 0) is 21.7 Å². The molecule has 236 valence electrons. The number of aliphatic hydroxyl groups excluding tert-OH is 1. The molecule has 6 rings (SSSR count). The van der Waals surface area contributed by atoms with Crippen molar-refractivity contribution in [3.63, 3.8) is 0 Å². The van der Waals surface area contributed by atoms with E-state index in [-0.39, 0.29) is 48.3 Å². The number of hydrogen-bond donors (Lipinski definition) is 2. The molecule has 3 heterocycles. The van der Waals surface area contributed by atoms with Crippen LogP contribution < -0.4 is 10.5 Å². The van der Waals surface area contributed by atoms with Crippen molar-refractivity contribution in [3.8, 4) is 5.69 Å². The van der Waals surface area contributed by atoms with E-state index in [4.69, 9.17) is 0 Å². The third-order valence-electron chi connectivity index (χ3n) is 8.94. The van der Waals surface area contributed by atoms with E-state index in [2.05, 4.69) is 5.10 Å². The van der Waals surface area contributed by atoms with Crippen LogP contribution in [0.5, 0.6) is 0 Å². The Bertz CT molecular complexity index is 1940. The number of rotatable bonds is 9. The highest BCUT2D eigenvalue weighted by atomic mass is 16.6. The van der Waals surface area contributed by atoms with Gasteiger partial charge in [0.15, 0.2) is 5.60 Å². The Hall–Kier alpha value is -5.20. The quantitative estimate of drug-likeness (QED) is 0.163. The zero-order chi connectivity index (χ0) is 32.6. The summed E-state index contributed by atoms with van der Waals surface area (Å²) >= 11 is 0. The number of carbonyl (C=O) groups is 2. The Morgan fingerprint density at radius 1 is 1.15 bits per heavy atom. The molecule has 2 aliphatic heterocycles. The van der Waals surface area contributed by atoms with Crippen LogP contribution in [-0.4, -0.2) is 60.8 Å². The standard InChI is InChI=1S/C34H33N5O7/c1-22(7-4-13-31(41)36-16-6-11-27(36)21-40)34(44)29-18-26(39(45)46)14-15-30(29)37(33(34)43)20-23-8-5-10-25(17-23)38-32(42)28-12-3-2-9-24(28)19-35-38/h2-5,7-10,12,14-15,17-19,22,27,40,44H,6,11,13,16,20-21H2,1H3/b7-4+/t22-,27-,34+/m0/s1.